The van der Waals surface area contributed by atoms with Crippen LogP contribution in [-0.2, 0) is 18.4 Å². The molecule has 3 atom stereocenters. The number of rotatable bonds is 4. The van der Waals surface area contributed by atoms with Gasteiger partial charge in [0.2, 0.25) is 0 Å². The molecule has 136 valence electrons. The number of hydrogen-bond donors (Lipinski definition) is 1. The number of hydrogen-bond acceptors (Lipinski definition) is 4. The van der Waals surface area contributed by atoms with Crippen LogP contribution in [0.25, 0.3) is 0 Å². The number of ether oxygens (including phenoxy) is 2. The standard InChI is InChI=1S/C21H29NO3/c1-4-5-6-14-11-15-13-22(2)10-9-21-8-7-16(23)12-17(21)25-20(18(15)21)19(14)24-3/h7-8,11,16-17,23H,4-6,9-10,12-13H2,1-3H3/t16-,17-,21-/m0/s1. The summed E-state index contributed by atoms with van der Waals surface area (Å²) in [7, 11) is 3.94. The van der Waals surface area contributed by atoms with Crippen LogP contribution >= 0.6 is 0 Å². The summed E-state index contributed by atoms with van der Waals surface area (Å²) in [6.07, 6.45) is 8.77. The van der Waals surface area contributed by atoms with Gasteiger partial charge >= 0.3 is 0 Å². The topological polar surface area (TPSA) is 41.9 Å². The van der Waals surface area contributed by atoms with E-state index in [1.54, 1.807) is 7.11 Å². The Bertz CT molecular complexity index is 699. The summed E-state index contributed by atoms with van der Waals surface area (Å²) in [5.41, 5.74) is 3.81. The molecule has 0 bridgehead atoms. The SMILES string of the molecule is CCCCc1cc2c3c(c1OC)O[C@H]1C[C@@H](O)C=C[C@@]31CCN(C)C2. The lowest BCUT2D eigenvalue weighted by molar-refractivity contribution is 0.0821. The average molecular weight is 343 g/mol. The van der Waals surface area contributed by atoms with Gasteiger partial charge in [-0.2, -0.15) is 0 Å². The molecular formula is C21H29NO3. The molecule has 1 aliphatic carbocycles. The minimum absolute atomic E-state index is 0.00285. The van der Waals surface area contributed by atoms with Gasteiger partial charge in [-0.1, -0.05) is 31.6 Å². The first-order valence-electron chi connectivity index (χ1n) is 9.55. The van der Waals surface area contributed by atoms with Gasteiger partial charge in [-0.3, -0.25) is 0 Å². The van der Waals surface area contributed by atoms with E-state index in [2.05, 4.69) is 31.0 Å². The second-order valence-corrected chi connectivity index (χ2v) is 7.83. The molecule has 1 spiro atoms. The molecule has 25 heavy (non-hydrogen) atoms. The Kier molecular flexibility index (Phi) is 4.28. The third-order valence-corrected chi connectivity index (χ3v) is 6.12. The zero-order valence-corrected chi connectivity index (χ0v) is 15.5. The van der Waals surface area contributed by atoms with Crippen molar-refractivity contribution in [2.45, 2.75) is 63.2 Å². The maximum atomic E-state index is 10.1. The van der Waals surface area contributed by atoms with Gasteiger partial charge in [0, 0.05) is 18.5 Å². The van der Waals surface area contributed by atoms with Crippen molar-refractivity contribution in [3.05, 3.63) is 34.9 Å². The highest BCUT2D eigenvalue weighted by molar-refractivity contribution is 5.64. The van der Waals surface area contributed by atoms with Crippen molar-refractivity contribution in [2.24, 2.45) is 0 Å². The summed E-state index contributed by atoms with van der Waals surface area (Å²) in [5.74, 6) is 1.85. The van der Waals surface area contributed by atoms with E-state index in [-0.39, 0.29) is 11.5 Å². The third kappa shape index (κ3) is 2.58. The van der Waals surface area contributed by atoms with E-state index in [9.17, 15) is 5.11 Å². The third-order valence-electron chi connectivity index (χ3n) is 6.12. The van der Waals surface area contributed by atoms with Gasteiger partial charge in [0.05, 0.1) is 18.6 Å². The molecule has 2 heterocycles. The number of aryl methyl sites for hydroxylation is 1. The van der Waals surface area contributed by atoms with Crippen LogP contribution in [-0.4, -0.2) is 42.9 Å². The minimum Gasteiger partial charge on any atom is -0.493 e. The van der Waals surface area contributed by atoms with E-state index in [4.69, 9.17) is 9.47 Å². The van der Waals surface area contributed by atoms with Crippen LogP contribution in [0.5, 0.6) is 11.5 Å². The summed E-state index contributed by atoms with van der Waals surface area (Å²) < 4.78 is 12.3. The molecule has 1 aromatic rings. The van der Waals surface area contributed by atoms with Crippen molar-refractivity contribution >= 4 is 0 Å². The lowest BCUT2D eigenvalue weighted by Gasteiger charge is -2.35. The second-order valence-electron chi connectivity index (χ2n) is 7.83. The van der Waals surface area contributed by atoms with Gasteiger partial charge in [0.15, 0.2) is 11.5 Å². The van der Waals surface area contributed by atoms with Crippen LogP contribution in [0.4, 0.5) is 0 Å². The normalized spacial score (nSPS) is 30.4. The Hall–Kier alpha value is -1.52. The molecule has 0 saturated heterocycles. The van der Waals surface area contributed by atoms with Crippen molar-refractivity contribution in [3.8, 4) is 11.5 Å². The van der Waals surface area contributed by atoms with Crippen LogP contribution in [0.15, 0.2) is 18.2 Å². The summed E-state index contributed by atoms with van der Waals surface area (Å²) in [4.78, 5) is 2.40. The first-order valence-corrected chi connectivity index (χ1v) is 9.55. The van der Waals surface area contributed by atoms with Crippen molar-refractivity contribution in [2.75, 3.05) is 20.7 Å². The van der Waals surface area contributed by atoms with Gasteiger partial charge in [0.1, 0.15) is 6.10 Å². The lowest BCUT2D eigenvalue weighted by atomic mass is 9.69. The molecule has 1 N–H and O–H groups in total. The van der Waals surface area contributed by atoms with Crippen LogP contribution in [0.1, 0.15) is 49.3 Å². The predicted molar refractivity (Wildman–Crippen MR) is 98.4 cm³/mol. The molecule has 3 aliphatic rings. The molecular weight excluding hydrogens is 314 g/mol. The summed E-state index contributed by atoms with van der Waals surface area (Å²) >= 11 is 0. The highest BCUT2D eigenvalue weighted by Gasteiger charge is 2.52. The Labute approximate surface area is 150 Å². The van der Waals surface area contributed by atoms with Crippen LogP contribution in [0.2, 0.25) is 0 Å². The lowest BCUT2D eigenvalue weighted by Crippen LogP contribution is -2.42. The van der Waals surface area contributed by atoms with Crippen molar-refractivity contribution < 1.29 is 14.6 Å². The highest BCUT2D eigenvalue weighted by atomic mass is 16.5. The number of aliphatic hydroxyl groups is 1. The van der Waals surface area contributed by atoms with Crippen LogP contribution in [0.3, 0.4) is 0 Å². The summed E-state index contributed by atoms with van der Waals surface area (Å²) in [6.45, 7) is 4.19. The average Bonchev–Trinajstić information content (AvgIpc) is 2.85. The van der Waals surface area contributed by atoms with E-state index in [0.29, 0.717) is 6.42 Å². The number of nitrogens with zero attached hydrogens (tertiary/aromatic N) is 1. The first-order chi connectivity index (χ1) is 12.1. The molecule has 4 heteroatoms. The molecule has 4 nitrogen and oxygen atoms in total. The van der Waals surface area contributed by atoms with Gasteiger partial charge in [-0.25, -0.2) is 0 Å². The molecule has 2 aliphatic heterocycles. The summed E-state index contributed by atoms with van der Waals surface area (Å²) in [5, 5.41) is 10.1. The Morgan fingerprint density at radius 1 is 1.44 bits per heavy atom. The molecule has 1 aromatic carbocycles. The Morgan fingerprint density at radius 3 is 3.04 bits per heavy atom. The Balaban J connectivity index is 1.91. The van der Waals surface area contributed by atoms with Crippen LogP contribution < -0.4 is 9.47 Å². The monoisotopic (exact) mass is 343 g/mol. The van der Waals surface area contributed by atoms with Gasteiger partial charge in [0.25, 0.3) is 0 Å². The molecule has 0 saturated carbocycles. The Morgan fingerprint density at radius 2 is 2.28 bits per heavy atom. The number of unbranched alkanes of at least 4 members (excludes halogenated alkanes) is 1. The second kappa shape index (κ2) is 6.33. The molecule has 0 amide bonds. The fourth-order valence-corrected chi connectivity index (χ4v) is 4.83. The zero-order valence-electron chi connectivity index (χ0n) is 15.5. The zero-order chi connectivity index (χ0) is 17.6. The van der Waals surface area contributed by atoms with E-state index in [1.807, 2.05) is 6.08 Å². The van der Waals surface area contributed by atoms with Gasteiger partial charge in [-0.05, 0) is 44.0 Å². The van der Waals surface area contributed by atoms with Crippen molar-refractivity contribution in [1.29, 1.82) is 0 Å². The van der Waals surface area contributed by atoms with Crippen LogP contribution in [0, 0.1) is 0 Å². The maximum Gasteiger partial charge on any atom is 0.166 e. The summed E-state index contributed by atoms with van der Waals surface area (Å²) in [6, 6.07) is 2.35. The fourth-order valence-electron chi connectivity index (χ4n) is 4.83. The fraction of sp³-hybridized carbons (Fsp3) is 0.619. The van der Waals surface area contributed by atoms with Crippen molar-refractivity contribution in [3.63, 3.8) is 0 Å². The molecule has 0 aromatic heterocycles. The van der Waals surface area contributed by atoms with Crippen molar-refractivity contribution in [1.82, 2.24) is 4.90 Å². The van der Waals surface area contributed by atoms with E-state index >= 15 is 0 Å². The number of methoxy groups -OCH3 is 1. The van der Waals surface area contributed by atoms with Gasteiger partial charge < -0.3 is 19.5 Å². The molecule has 0 unspecified atom stereocenters. The smallest absolute Gasteiger partial charge is 0.166 e. The van der Waals surface area contributed by atoms with E-state index in [0.717, 1.165) is 50.3 Å². The van der Waals surface area contributed by atoms with E-state index in [1.165, 1.54) is 16.7 Å². The molecule has 0 radical (unpaired) electrons. The number of aliphatic hydroxyl groups excluding tert-OH is 1. The number of benzene rings is 1. The minimum atomic E-state index is -0.417. The molecule has 4 rings (SSSR count). The quantitative estimate of drug-likeness (QED) is 0.853. The maximum absolute atomic E-state index is 10.1. The van der Waals surface area contributed by atoms with E-state index < -0.39 is 6.10 Å². The molecule has 0 fully saturated rings. The van der Waals surface area contributed by atoms with Gasteiger partial charge in [-0.15, -0.1) is 0 Å². The largest absolute Gasteiger partial charge is 0.493 e. The first kappa shape index (κ1) is 16.9. The highest BCUT2D eigenvalue weighted by Crippen LogP contribution is 2.56. The predicted octanol–water partition coefficient (Wildman–Crippen LogP) is 3.19.